The van der Waals surface area contributed by atoms with E-state index in [2.05, 4.69) is 24.4 Å². The van der Waals surface area contributed by atoms with Gasteiger partial charge in [-0.15, -0.1) is 0 Å². The van der Waals surface area contributed by atoms with Gasteiger partial charge >= 0.3 is 6.03 Å². The Morgan fingerprint density at radius 2 is 2.00 bits per heavy atom. The highest BCUT2D eigenvalue weighted by Crippen LogP contribution is 2.19. The highest BCUT2D eigenvalue weighted by Gasteiger charge is 2.22. The fraction of sp³-hybridized carbons (Fsp3) is 0.429. The van der Waals surface area contributed by atoms with Gasteiger partial charge in [-0.05, 0) is 17.9 Å². The van der Waals surface area contributed by atoms with Crippen molar-refractivity contribution < 1.29 is 9.59 Å². The largest absolute Gasteiger partial charge is 0.324 e. The van der Waals surface area contributed by atoms with E-state index in [0.717, 1.165) is 6.42 Å². The molecule has 1 aliphatic heterocycles. The molecule has 0 bridgehead atoms. The van der Waals surface area contributed by atoms with Crippen LogP contribution in [0.2, 0.25) is 0 Å². The number of hydrogen-bond donors (Lipinski definition) is 1. The zero-order valence-electron chi connectivity index (χ0n) is 10.6. The van der Waals surface area contributed by atoms with Gasteiger partial charge in [0, 0.05) is 19.5 Å². The second-order valence-corrected chi connectivity index (χ2v) is 4.69. The molecular formula is C14H18N2O2. The SMILES string of the molecule is CC(CCN1CCC(=O)NC1=O)c1ccccc1. The Bertz CT molecular complexity index is 431. The molecule has 1 fully saturated rings. The minimum Gasteiger partial charge on any atom is -0.324 e. The summed E-state index contributed by atoms with van der Waals surface area (Å²) in [4.78, 5) is 24.3. The minimum absolute atomic E-state index is 0.174. The Balaban J connectivity index is 1.85. The van der Waals surface area contributed by atoms with Crippen molar-refractivity contribution in [2.75, 3.05) is 13.1 Å². The lowest BCUT2D eigenvalue weighted by Gasteiger charge is -2.27. The first-order valence-corrected chi connectivity index (χ1v) is 6.30. The Kier molecular flexibility index (Phi) is 3.97. The second-order valence-electron chi connectivity index (χ2n) is 4.69. The summed E-state index contributed by atoms with van der Waals surface area (Å²) in [6.45, 7) is 3.38. The molecule has 0 radical (unpaired) electrons. The van der Waals surface area contributed by atoms with E-state index in [1.807, 2.05) is 18.2 Å². The first kappa shape index (κ1) is 12.6. The first-order chi connectivity index (χ1) is 8.66. The predicted octanol–water partition coefficient (Wildman–Crippen LogP) is 2.12. The Morgan fingerprint density at radius 3 is 2.67 bits per heavy atom. The van der Waals surface area contributed by atoms with Gasteiger partial charge in [-0.2, -0.15) is 0 Å². The van der Waals surface area contributed by atoms with Crippen LogP contribution in [0.25, 0.3) is 0 Å². The summed E-state index contributed by atoms with van der Waals surface area (Å²) < 4.78 is 0. The van der Waals surface area contributed by atoms with E-state index in [-0.39, 0.29) is 11.9 Å². The molecule has 1 aliphatic rings. The van der Waals surface area contributed by atoms with E-state index in [1.165, 1.54) is 5.56 Å². The zero-order valence-corrected chi connectivity index (χ0v) is 10.6. The molecule has 1 aromatic carbocycles. The third-order valence-corrected chi connectivity index (χ3v) is 3.34. The Hall–Kier alpha value is -1.84. The lowest BCUT2D eigenvalue weighted by molar-refractivity contribution is -0.121. The summed E-state index contributed by atoms with van der Waals surface area (Å²) in [7, 11) is 0. The maximum atomic E-state index is 11.5. The van der Waals surface area contributed by atoms with Crippen LogP contribution in [0.4, 0.5) is 4.79 Å². The van der Waals surface area contributed by atoms with E-state index in [9.17, 15) is 9.59 Å². The standard InChI is InChI=1S/C14H18N2O2/c1-11(12-5-3-2-4-6-12)7-9-16-10-8-13(17)15-14(16)18/h2-6,11H,7-10H2,1H3,(H,15,17,18). The van der Waals surface area contributed by atoms with Gasteiger partial charge in [-0.3, -0.25) is 10.1 Å². The van der Waals surface area contributed by atoms with Crippen LogP contribution in [0.5, 0.6) is 0 Å². The van der Waals surface area contributed by atoms with Crippen molar-refractivity contribution in [3.8, 4) is 0 Å². The summed E-state index contributed by atoms with van der Waals surface area (Å²) in [5, 5.41) is 2.34. The average Bonchev–Trinajstić information content (AvgIpc) is 2.38. The molecule has 18 heavy (non-hydrogen) atoms. The predicted molar refractivity (Wildman–Crippen MR) is 69.2 cm³/mol. The van der Waals surface area contributed by atoms with Crippen LogP contribution >= 0.6 is 0 Å². The number of carbonyl (C=O) groups excluding carboxylic acids is 2. The van der Waals surface area contributed by atoms with Gasteiger partial charge in [-0.1, -0.05) is 37.3 Å². The van der Waals surface area contributed by atoms with E-state index < -0.39 is 0 Å². The summed E-state index contributed by atoms with van der Waals surface area (Å²) in [5.41, 5.74) is 1.28. The Labute approximate surface area is 107 Å². The fourth-order valence-corrected chi connectivity index (χ4v) is 2.11. The molecule has 0 aromatic heterocycles. The number of urea groups is 1. The van der Waals surface area contributed by atoms with E-state index in [0.29, 0.717) is 25.4 Å². The molecular weight excluding hydrogens is 228 g/mol. The molecule has 1 unspecified atom stereocenters. The number of benzene rings is 1. The van der Waals surface area contributed by atoms with Gasteiger partial charge in [-0.25, -0.2) is 4.79 Å². The minimum atomic E-state index is -0.258. The molecule has 0 aliphatic carbocycles. The van der Waals surface area contributed by atoms with Gasteiger partial charge in [0.05, 0.1) is 0 Å². The van der Waals surface area contributed by atoms with Crippen LogP contribution < -0.4 is 5.32 Å². The number of carbonyl (C=O) groups is 2. The van der Waals surface area contributed by atoms with Crippen molar-refractivity contribution in [2.45, 2.75) is 25.7 Å². The monoisotopic (exact) mass is 246 g/mol. The number of imide groups is 1. The summed E-state index contributed by atoms with van der Waals surface area (Å²) in [6.07, 6.45) is 1.32. The molecule has 4 heteroatoms. The molecule has 1 atom stereocenters. The Morgan fingerprint density at radius 1 is 1.28 bits per heavy atom. The highest BCUT2D eigenvalue weighted by molar-refractivity contribution is 5.96. The third-order valence-electron chi connectivity index (χ3n) is 3.34. The molecule has 3 amide bonds. The van der Waals surface area contributed by atoms with Crippen LogP contribution in [0, 0.1) is 0 Å². The van der Waals surface area contributed by atoms with Crippen LogP contribution in [0.1, 0.15) is 31.2 Å². The van der Waals surface area contributed by atoms with E-state index in [4.69, 9.17) is 0 Å². The number of hydrogen-bond acceptors (Lipinski definition) is 2. The quantitative estimate of drug-likeness (QED) is 0.884. The third kappa shape index (κ3) is 3.09. The van der Waals surface area contributed by atoms with Gasteiger partial charge in [0.15, 0.2) is 0 Å². The van der Waals surface area contributed by atoms with Gasteiger partial charge in [0.2, 0.25) is 5.91 Å². The number of nitrogens with zero attached hydrogens (tertiary/aromatic N) is 1. The van der Waals surface area contributed by atoms with Crippen LogP contribution in [0.3, 0.4) is 0 Å². The molecule has 0 saturated carbocycles. The first-order valence-electron chi connectivity index (χ1n) is 6.30. The van der Waals surface area contributed by atoms with Gasteiger partial charge < -0.3 is 4.90 Å². The summed E-state index contributed by atoms with van der Waals surface area (Å²) >= 11 is 0. The number of nitrogens with one attached hydrogen (secondary N) is 1. The summed E-state index contributed by atoms with van der Waals surface area (Å²) in [6, 6.07) is 10.00. The van der Waals surface area contributed by atoms with E-state index >= 15 is 0 Å². The molecule has 1 heterocycles. The smallest absolute Gasteiger partial charge is 0.324 e. The van der Waals surface area contributed by atoms with Crippen molar-refractivity contribution in [3.05, 3.63) is 35.9 Å². The van der Waals surface area contributed by atoms with Crippen molar-refractivity contribution in [1.82, 2.24) is 10.2 Å². The maximum absolute atomic E-state index is 11.5. The molecule has 1 N–H and O–H groups in total. The molecule has 1 saturated heterocycles. The summed E-state index contributed by atoms with van der Waals surface area (Å²) in [5.74, 6) is 0.240. The van der Waals surface area contributed by atoms with Crippen LogP contribution in [-0.2, 0) is 4.79 Å². The van der Waals surface area contributed by atoms with Gasteiger partial charge in [0.1, 0.15) is 0 Å². The lowest BCUT2D eigenvalue weighted by Crippen LogP contribution is -2.49. The average molecular weight is 246 g/mol. The van der Waals surface area contributed by atoms with Crippen molar-refractivity contribution in [1.29, 1.82) is 0 Å². The molecule has 1 aromatic rings. The van der Waals surface area contributed by atoms with Crippen LogP contribution in [-0.4, -0.2) is 29.9 Å². The maximum Gasteiger partial charge on any atom is 0.324 e. The number of rotatable bonds is 4. The van der Waals surface area contributed by atoms with E-state index in [1.54, 1.807) is 4.90 Å². The van der Waals surface area contributed by atoms with Crippen molar-refractivity contribution >= 4 is 11.9 Å². The van der Waals surface area contributed by atoms with Crippen molar-refractivity contribution in [3.63, 3.8) is 0 Å². The molecule has 96 valence electrons. The topological polar surface area (TPSA) is 49.4 Å². The number of amides is 3. The molecule has 2 rings (SSSR count). The molecule has 0 spiro atoms. The van der Waals surface area contributed by atoms with Crippen molar-refractivity contribution in [2.24, 2.45) is 0 Å². The normalized spacial score (nSPS) is 17.5. The lowest BCUT2D eigenvalue weighted by atomic mass is 9.98. The second kappa shape index (κ2) is 5.67. The molecule has 4 nitrogen and oxygen atoms in total. The zero-order chi connectivity index (χ0) is 13.0. The van der Waals surface area contributed by atoms with Crippen LogP contribution in [0.15, 0.2) is 30.3 Å². The van der Waals surface area contributed by atoms with Gasteiger partial charge in [0.25, 0.3) is 0 Å². The highest BCUT2D eigenvalue weighted by atomic mass is 16.2. The fourth-order valence-electron chi connectivity index (χ4n) is 2.11.